The van der Waals surface area contributed by atoms with Crippen molar-refractivity contribution in [3.05, 3.63) is 50.9 Å². The van der Waals surface area contributed by atoms with Gasteiger partial charge in [0.15, 0.2) is 0 Å². The third-order valence-corrected chi connectivity index (χ3v) is 4.90. The van der Waals surface area contributed by atoms with Crippen molar-refractivity contribution in [2.75, 3.05) is 0 Å². The summed E-state index contributed by atoms with van der Waals surface area (Å²) in [6, 6.07) is 6.76. The fourth-order valence-electron chi connectivity index (χ4n) is 1.51. The third-order valence-electron chi connectivity index (χ3n) is 2.38. The van der Waals surface area contributed by atoms with Gasteiger partial charge in [-0.25, -0.2) is 18.1 Å². The fraction of sp³-hybridized carbons (Fsp3) is 0.250. The van der Waals surface area contributed by atoms with Gasteiger partial charge in [0.05, 0.1) is 12.3 Å². The summed E-state index contributed by atoms with van der Waals surface area (Å²) < 4.78 is 26.3. The van der Waals surface area contributed by atoms with E-state index < -0.39 is 10.0 Å². The van der Waals surface area contributed by atoms with Gasteiger partial charge in [-0.1, -0.05) is 23.7 Å². The van der Waals surface area contributed by atoms with Crippen LogP contribution in [0, 0.1) is 6.92 Å². The van der Waals surface area contributed by atoms with Crippen LogP contribution in [0.3, 0.4) is 0 Å². The smallest absolute Gasteiger partial charge is 0.216 e. The van der Waals surface area contributed by atoms with Crippen molar-refractivity contribution in [3.8, 4) is 0 Å². The van der Waals surface area contributed by atoms with Crippen LogP contribution in [0.2, 0.25) is 5.02 Å². The Labute approximate surface area is 121 Å². The molecule has 102 valence electrons. The van der Waals surface area contributed by atoms with Gasteiger partial charge in [-0.15, -0.1) is 11.3 Å². The molecule has 0 amide bonds. The Balaban J connectivity index is 1.97. The van der Waals surface area contributed by atoms with Crippen molar-refractivity contribution in [2.24, 2.45) is 0 Å². The molecule has 1 aromatic heterocycles. The quantitative estimate of drug-likeness (QED) is 0.922. The molecule has 1 aromatic carbocycles. The Bertz CT molecular complexity index is 651. The van der Waals surface area contributed by atoms with Gasteiger partial charge in [0.2, 0.25) is 10.0 Å². The highest BCUT2D eigenvalue weighted by Gasteiger charge is 2.12. The first-order valence-corrected chi connectivity index (χ1v) is 8.48. The molecule has 1 N–H and O–H groups in total. The van der Waals surface area contributed by atoms with Crippen molar-refractivity contribution in [3.63, 3.8) is 0 Å². The molecule has 0 saturated heterocycles. The van der Waals surface area contributed by atoms with Crippen LogP contribution in [0.25, 0.3) is 0 Å². The Morgan fingerprint density at radius 1 is 1.32 bits per heavy atom. The molecule has 2 aromatic rings. The number of aromatic nitrogens is 1. The Morgan fingerprint density at radius 3 is 2.58 bits per heavy atom. The van der Waals surface area contributed by atoms with Crippen LogP contribution >= 0.6 is 22.9 Å². The van der Waals surface area contributed by atoms with Crippen molar-refractivity contribution in [2.45, 2.75) is 19.2 Å². The maximum atomic E-state index is 11.9. The highest BCUT2D eigenvalue weighted by atomic mass is 35.5. The number of aryl methyl sites for hydroxylation is 1. The molecule has 0 aliphatic carbocycles. The second-order valence-electron chi connectivity index (χ2n) is 4.09. The van der Waals surface area contributed by atoms with Crippen LogP contribution in [0.15, 0.2) is 29.6 Å². The van der Waals surface area contributed by atoms with Crippen LogP contribution in [0.1, 0.15) is 16.3 Å². The van der Waals surface area contributed by atoms with E-state index in [1.807, 2.05) is 12.3 Å². The van der Waals surface area contributed by atoms with E-state index in [2.05, 4.69) is 9.71 Å². The van der Waals surface area contributed by atoms with E-state index in [1.165, 1.54) is 11.3 Å². The average Bonchev–Trinajstić information content (AvgIpc) is 2.76. The maximum absolute atomic E-state index is 11.9. The lowest BCUT2D eigenvalue weighted by molar-refractivity contribution is 0.580. The Morgan fingerprint density at radius 2 is 2.00 bits per heavy atom. The number of rotatable bonds is 5. The van der Waals surface area contributed by atoms with Crippen LogP contribution in [-0.4, -0.2) is 13.4 Å². The van der Waals surface area contributed by atoms with Crippen LogP contribution in [-0.2, 0) is 22.3 Å². The van der Waals surface area contributed by atoms with Crippen LogP contribution < -0.4 is 4.72 Å². The lowest BCUT2D eigenvalue weighted by Gasteiger charge is -2.05. The average molecular weight is 317 g/mol. The molecule has 0 unspecified atom stereocenters. The first kappa shape index (κ1) is 14.5. The molecule has 0 spiro atoms. The number of nitrogens with zero attached hydrogens (tertiary/aromatic N) is 1. The molecule has 0 aliphatic rings. The van der Waals surface area contributed by atoms with E-state index in [4.69, 9.17) is 11.6 Å². The largest absolute Gasteiger partial charge is 0.245 e. The number of sulfonamides is 1. The van der Waals surface area contributed by atoms with E-state index in [0.29, 0.717) is 10.6 Å². The Hall–Kier alpha value is -0.950. The molecule has 7 heteroatoms. The summed E-state index contributed by atoms with van der Waals surface area (Å²) in [5.74, 6) is -0.0610. The number of halogens is 1. The van der Waals surface area contributed by atoms with Gasteiger partial charge >= 0.3 is 0 Å². The van der Waals surface area contributed by atoms with Gasteiger partial charge in [-0.2, -0.15) is 0 Å². The number of benzene rings is 1. The summed E-state index contributed by atoms with van der Waals surface area (Å²) in [6.45, 7) is 2.11. The molecule has 0 atom stereocenters. The molecule has 4 nitrogen and oxygen atoms in total. The third kappa shape index (κ3) is 4.58. The number of hydrogen-bond acceptors (Lipinski definition) is 4. The van der Waals surface area contributed by atoms with Gasteiger partial charge in [-0.3, -0.25) is 0 Å². The standard InChI is InChI=1S/C12H13ClN2O2S2/c1-9-7-18-12(15-9)6-14-19(16,17)8-10-2-4-11(13)5-3-10/h2-5,7,14H,6,8H2,1H3. The van der Waals surface area contributed by atoms with Crippen LogP contribution in [0.4, 0.5) is 0 Å². The van der Waals surface area contributed by atoms with Crippen molar-refractivity contribution in [1.82, 2.24) is 9.71 Å². The minimum atomic E-state index is -3.36. The minimum absolute atomic E-state index is 0.0610. The van der Waals surface area contributed by atoms with E-state index in [-0.39, 0.29) is 12.3 Å². The summed E-state index contributed by atoms with van der Waals surface area (Å²) in [5, 5.41) is 3.24. The van der Waals surface area contributed by atoms with Gasteiger partial charge in [0.25, 0.3) is 0 Å². The second-order valence-corrected chi connectivity index (χ2v) is 7.28. The summed E-state index contributed by atoms with van der Waals surface area (Å²) >= 11 is 7.20. The van der Waals surface area contributed by atoms with E-state index in [9.17, 15) is 8.42 Å². The molecule has 1 heterocycles. The molecule has 2 rings (SSSR count). The zero-order valence-corrected chi connectivity index (χ0v) is 12.6. The van der Waals surface area contributed by atoms with Crippen molar-refractivity contribution in [1.29, 1.82) is 0 Å². The first-order chi connectivity index (χ1) is 8.94. The molecule has 0 saturated carbocycles. The van der Waals surface area contributed by atoms with E-state index >= 15 is 0 Å². The predicted molar refractivity (Wildman–Crippen MR) is 77.8 cm³/mol. The number of hydrogen-bond donors (Lipinski definition) is 1. The summed E-state index contributed by atoms with van der Waals surface area (Å²) in [6.07, 6.45) is 0. The lowest BCUT2D eigenvalue weighted by atomic mass is 10.2. The second kappa shape index (κ2) is 6.00. The molecule has 0 fully saturated rings. The molecule has 19 heavy (non-hydrogen) atoms. The zero-order valence-electron chi connectivity index (χ0n) is 10.3. The normalized spacial score (nSPS) is 11.7. The lowest BCUT2D eigenvalue weighted by Crippen LogP contribution is -2.24. The zero-order chi connectivity index (χ0) is 13.9. The van der Waals surface area contributed by atoms with Gasteiger partial charge < -0.3 is 0 Å². The first-order valence-electron chi connectivity index (χ1n) is 5.57. The molecular formula is C12H13ClN2O2S2. The SMILES string of the molecule is Cc1csc(CNS(=O)(=O)Cc2ccc(Cl)cc2)n1. The van der Waals surface area contributed by atoms with E-state index in [0.717, 1.165) is 10.7 Å². The highest BCUT2D eigenvalue weighted by Crippen LogP contribution is 2.13. The van der Waals surface area contributed by atoms with Gasteiger partial charge in [0.1, 0.15) is 5.01 Å². The highest BCUT2D eigenvalue weighted by molar-refractivity contribution is 7.88. The van der Waals surface area contributed by atoms with Gasteiger partial charge in [0, 0.05) is 16.1 Å². The van der Waals surface area contributed by atoms with E-state index in [1.54, 1.807) is 24.3 Å². The predicted octanol–water partition coefficient (Wildman–Crippen LogP) is 2.72. The Kier molecular flexibility index (Phi) is 4.57. The molecule has 0 aliphatic heterocycles. The molecule has 0 radical (unpaired) electrons. The summed E-state index contributed by atoms with van der Waals surface area (Å²) in [5.41, 5.74) is 1.60. The van der Waals surface area contributed by atoms with Crippen molar-refractivity contribution < 1.29 is 8.42 Å². The number of thiazole rings is 1. The fourth-order valence-corrected chi connectivity index (χ4v) is 3.53. The summed E-state index contributed by atoms with van der Waals surface area (Å²) in [7, 11) is -3.36. The topological polar surface area (TPSA) is 59.1 Å². The number of nitrogens with one attached hydrogen (secondary N) is 1. The van der Waals surface area contributed by atoms with Crippen LogP contribution in [0.5, 0.6) is 0 Å². The monoisotopic (exact) mass is 316 g/mol. The van der Waals surface area contributed by atoms with Crippen molar-refractivity contribution >= 4 is 33.0 Å². The molecular weight excluding hydrogens is 304 g/mol. The molecule has 0 bridgehead atoms. The summed E-state index contributed by atoms with van der Waals surface area (Å²) in [4.78, 5) is 4.21. The minimum Gasteiger partial charge on any atom is -0.245 e. The van der Waals surface area contributed by atoms with Gasteiger partial charge in [-0.05, 0) is 24.6 Å². The maximum Gasteiger partial charge on any atom is 0.216 e.